The Morgan fingerprint density at radius 1 is 0.794 bits per heavy atom. The molecule has 0 amide bonds. The van der Waals surface area contributed by atoms with Crippen molar-refractivity contribution in [1.29, 1.82) is 0 Å². The molecule has 0 aliphatic rings. The van der Waals surface area contributed by atoms with Gasteiger partial charge in [-0.3, -0.25) is 0 Å². The summed E-state index contributed by atoms with van der Waals surface area (Å²) in [6, 6.07) is 25.4. The van der Waals surface area contributed by atoms with E-state index in [4.69, 9.17) is 4.43 Å². The number of hydrogen-bond donors (Lipinski definition) is 0. The van der Waals surface area contributed by atoms with Gasteiger partial charge in [-0.1, -0.05) is 107 Å². The molecule has 0 radical (unpaired) electrons. The van der Waals surface area contributed by atoms with Gasteiger partial charge in [0.25, 0.3) is 0 Å². The molecule has 0 aliphatic carbocycles. The first kappa shape index (κ1) is 25.9. The summed E-state index contributed by atoms with van der Waals surface area (Å²) in [5.41, 5.74) is 5.84. The summed E-state index contributed by atoms with van der Waals surface area (Å²) in [6.07, 6.45) is 5.95. The first-order valence-electron chi connectivity index (χ1n) is 12.7. The lowest BCUT2D eigenvalue weighted by molar-refractivity contribution is 0.491. The number of rotatable bonds is 8. The lowest BCUT2D eigenvalue weighted by Crippen LogP contribution is -2.43. The molecule has 0 heterocycles. The fourth-order valence-electron chi connectivity index (χ4n) is 3.77. The average molecular weight is 469 g/mol. The van der Waals surface area contributed by atoms with Gasteiger partial charge in [0, 0.05) is 16.7 Å². The van der Waals surface area contributed by atoms with Crippen LogP contribution in [-0.2, 0) is 6.42 Å². The summed E-state index contributed by atoms with van der Waals surface area (Å²) in [5.74, 6) is 7.97. The van der Waals surface area contributed by atoms with E-state index in [1.54, 1.807) is 0 Å². The minimum Gasteiger partial charge on any atom is -0.543 e. The van der Waals surface area contributed by atoms with E-state index in [2.05, 4.69) is 107 Å². The van der Waals surface area contributed by atoms with Crippen molar-refractivity contribution in [3.8, 4) is 28.7 Å². The van der Waals surface area contributed by atoms with Crippen LogP contribution >= 0.6 is 0 Å². The van der Waals surface area contributed by atoms with Crippen LogP contribution in [0.2, 0.25) is 18.1 Å². The molecular weight excluding hydrogens is 428 g/mol. The second-order valence-electron chi connectivity index (χ2n) is 10.7. The number of unbranched alkanes of at least 4 members (excludes halogenated alkanes) is 3. The van der Waals surface area contributed by atoms with Crippen LogP contribution in [0.1, 0.15) is 70.1 Å². The predicted octanol–water partition coefficient (Wildman–Crippen LogP) is 9.26. The Balaban J connectivity index is 2.14. The van der Waals surface area contributed by atoms with Crippen LogP contribution in [0.4, 0.5) is 0 Å². The van der Waals surface area contributed by atoms with Crippen molar-refractivity contribution in [1.82, 2.24) is 0 Å². The molecule has 0 saturated heterocycles. The number of aryl methyl sites for hydroxylation is 1. The lowest BCUT2D eigenvalue weighted by atomic mass is 9.92. The standard InChI is InChI=1S/C32H40OSi/c1-7-8-9-14-21-28-24-29(33-34(5,6)32(2,3)4)25-31(27-19-15-11-16-20-27)30(28)23-22-26-17-12-10-13-18-26/h10-13,15-20,24-25H,7-9,14,21H2,1-6H3. The third-order valence-corrected chi connectivity index (χ3v) is 11.2. The zero-order chi connectivity index (χ0) is 24.6. The zero-order valence-electron chi connectivity index (χ0n) is 21.9. The molecule has 0 atom stereocenters. The van der Waals surface area contributed by atoms with E-state index in [-0.39, 0.29) is 5.04 Å². The fraction of sp³-hybridized carbons (Fsp3) is 0.375. The Morgan fingerprint density at radius 3 is 2.06 bits per heavy atom. The Hall–Kier alpha value is -2.76. The highest BCUT2D eigenvalue weighted by Gasteiger charge is 2.39. The van der Waals surface area contributed by atoms with Gasteiger partial charge in [0.05, 0.1) is 0 Å². The van der Waals surface area contributed by atoms with Crippen LogP contribution in [-0.4, -0.2) is 8.32 Å². The molecule has 0 aliphatic heterocycles. The quantitative estimate of drug-likeness (QED) is 0.182. The summed E-state index contributed by atoms with van der Waals surface area (Å²) < 4.78 is 6.81. The second kappa shape index (κ2) is 11.6. The van der Waals surface area contributed by atoms with E-state index in [1.807, 2.05) is 18.2 Å². The maximum atomic E-state index is 6.81. The van der Waals surface area contributed by atoms with Crippen molar-refractivity contribution >= 4 is 8.32 Å². The van der Waals surface area contributed by atoms with Crippen LogP contribution in [0.3, 0.4) is 0 Å². The van der Waals surface area contributed by atoms with E-state index >= 15 is 0 Å². The molecular formula is C32H40OSi. The summed E-state index contributed by atoms with van der Waals surface area (Å²) in [7, 11) is -1.96. The lowest BCUT2D eigenvalue weighted by Gasteiger charge is -2.36. The van der Waals surface area contributed by atoms with Crippen LogP contribution < -0.4 is 4.43 Å². The highest BCUT2D eigenvalue weighted by atomic mass is 28.4. The Labute approximate surface area is 208 Å². The Bertz CT molecular complexity index is 1110. The summed E-state index contributed by atoms with van der Waals surface area (Å²) in [6.45, 7) is 13.8. The molecule has 3 aromatic rings. The highest BCUT2D eigenvalue weighted by molar-refractivity contribution is 6.74. The van der Waals surface area contributed by atoms with Crippen molar-refractivity contribution in [2.75, 3.05) is 0 Å². The molecule has 0 spiro atoms. The van der Waals surface area contributed by atoms with Crippen molar-refractivity contribution in [3.05, 3.63) is 89.5 Å². The van der Waals surface area contributed by atoms with Crippen LogP contribution in [0, 0.1) is 11.8 Å². The van der Waals surface area contributed by atoms with Crippen molar-refractivity contribution < 1.29 is 4.43 Å². The van der Waals surface area contributed by atoms with Crippen LogP contribution in [0.25, 0.3) is 11.1 Å². The van der Waals surface area contributed by atoms with Gasteiger partial charge >= 0.3 is 0 Å². The molecule has 3 rings (SSSR count). The van der Waals surface area contributed by atoms with Crippen molar-refractivity contribution in [2.24, 2.45) is 0 Å². The molecule has 0 aromatic heterocycles. The van der Waals surface area contributed by atoms with Gasteiger partial charge in [0.15, 0.2) is 0 Å². The van der Waals surface area contributed by atoms with Gasteiger partial charge in [0.1, 0.15) is 5.75 Å². The maximum absolute atomic E-state index is 6.81. The Kier molecular flexibility index (Phi) is 8.81. The van der Waals surface area contributed by atoms with Gasteiger partial charge in [-0.15, -0.1) is 0 Å². The molecule has 0 unspecified atom stereocenters. The van der Waals surface area contributed by atoms with Gasteiger partial charge in [-0.2, -0.15) is 0 Å². The van der Waals surface area contributed by atoms with Gasteiger partial charge in [0.2, 0.25) is 8.32 Å². The number of benzene rings is 3. The first-order valence-corrected chi connectivity index (χ1v) is 15.6. The minimum atomic E-state index is -1.96. The fourth-order valence-corrected chi connectivity index (χ4v) is 4.78. The highest BCUT2D eigenvalue weighted by Crippen LogP contribution is 2.39. The first-order chi connectivity index (χ1) is 16.2. The van der Waals surface area contributed by atoms with E-state index in [0.717, 1.165) is 23.3 Å². The van der Waals surface area contributed by atoms with E-state index in [0.29, 0.717) is 0 Å². The van der Waals surface area contributed by atoms with E-state index < -0.39 is 8.32 Å². The third-order valence-electron chi connectivity index (χ3n) is 6.86. The molecule has 0 bridgehead atoms. The molecule has 0 N–H and O–H groups in total. The molecule has 34 heavy (non-hydrogen) atoms. The van der Waals surface area contributed by atoms with Gasteiger partial charge in [-0.05, 0) is 66.4 Å². The van der Waals surface area contributed by atoms with Gasteiger partial charge < -0.3 is 4.43 Å². The molecule has 178 valence electrons. The summed E-state index contributed by atoms with van der Waals surface area (Å²) in [4.78, 5) is 0. The smallest absolute Gasteiger partial charge is 0.250 e. The SMILES string of the molecule is CCCCCCc1cc(O[Si](C)(C)C(C)(C)C)cc(-c2ccccc2)c1C#Cc1ccccc1. The van der Waals surface area contributed by atoms with E-state index in [9.17, 15) is 0 Å². The zero-order valence-corrected chi connectivity index (χ0v) is 22.9. The molecule has 3 aromatic carbocycles. The van der Waals surface area contributed by atoms with Crippen LogP contribution in [0.5, 0.6) is 5.75 Å². The molecule has 0 saturated carbocycles. The van der Waals surface area contributed by atoms with E-state index in [1.165, 1.54) is 42.4 Å². The summed E-state index contributed by atoms with van der Waals surface area (Å²) in [5, 5.41) is 0.146. The average Bonchev–Trinajstić information content (AvgIpc) is 2.81. The second-order valence-corrected chi connectivity index (χ2v) is 15.4. The third kappa shape index (κ3) is 6.87. The molecule has 2 heteroatoms. The number of hydrogen-bond acceptors (Lipinski definition) is 1. The molecule has 0 fully saturated rings. The topological polar surface area (TPSA) is 9.23 Å². The summed E-state index contributed by atoms with van der Waals surface area (Å²) >= 11 is 0. The molecule has 1 nitrogen and oxygen atoms in total. The largest absolute Gasteiger partial charge is 0.543 e. The Morgan fingerprint density at radius 2 is 1.44 bits per heavy atom. The monoisotopic (exact) mass is 468 g/mol. The normalized spacial score (nSPS) is 11.6. The van der Waals surface area contributed by atoms with Crippen LogP contribution in [0.15, 0.2) is 72.8 Å². The van der Waals surface area contributed by atoms with Crippen molar-refractivity contribution in [2.45, 2.75) is 77.9 Å². The van der Waals surface area contributed by atoms with Crippen molar-refractivity contribution in [3.63, 3.8) is 0 Å². The minimum absolute atomic E-state index is 0.146. The predicted molar refractivity (Wildman–Crippen MR) is 150 cm³/mol. The maximum Gasteiger partial charge on any atom is 0.250 e. The van der Waals surface area contributed by atoms with Gasteiger partial charge in [-0.25, -0.2) is 0 Å².